The van der Waals surface area contributed by atoms with Gasteiger partial charge in [0.25, 0.3) is 0 Å². The van der Waals surface area contributed by atoms with E-state index < -0.39 is 52.8 Å². The van der Waals surface area contributed by atoms with Gasteiger partial charge in [-0.25, -0.2) is 13.8 Å². The van der Waals surface area contributed by atoms with Crippen molar-refractivity contribution in [1.29, 1.82) is 0 Å². The molecule has 0 saturated carbocycles. The SMILES string of the molecule is CC(C)N(Oc1c(C(C=NCCN2CCC(F)C2)=CN)cc(C(F)(F)F)cc1C(F)(F)F)c1ccc(F)cc1. The summed E-state index contributed by atoms with van der Waals surface area (Å²) in [6.45, 7) is 4.35. The van der Waals surface area contributed by atoms with Gasteiger partial charge in [-0.05, 0) is 56.7 Å². The van der Waals surface area contributed by atoms with Crippen LogP contribution in [0.5, 0.6) is 5.75 Å². The first-order valence-electron chi connectivity index (χ1n) is 12.0. The zero-order valence-corrected chi connectivity index (χ0v) is 21.2. The fourth-order valence-electron chi connectivity index (χ4n) is 4.01. The molecular weight excluding hydrogens is 536 g/mol. The molecule has 1 aliphatic rings. The van der Waals surface area contributed by atoms with Crippen molar-refractivity contribution in [1.82, 2.24) is 4.90 Å². The fourth-order valence-corrected chi connectivity index (χ4v) is 4.01. The van der Waals surface area contributed by atoms with E-state index in [2.05, 4.69) is 4.99 Å². The van der Waals surface area contributed by atoms with Crippen LogP contribution in [0.15, 0.2) is 47.6 Å². The molecule has 1 fully saturated rings. The summed E-state index contributed by atoms with van der Waals surface area (Å²) in [4.78, 5) is 11.6. The van der Waals surface area contributed by atoms with Gasteiger partial charge >= 0.3 is 12.4 Å². The second-order valence-electron chi connectivity index (χ2n) is 9.23. The lowest BCUT2D eigenvalue weighted by atomic mass is 9.98. The lowest BCUT2D eigenvalue weighted by Gasteiger charge is -2.31. The number of alkyl halides is 7. The summed E-state index contributed by atoms with van der Waals surface area (Å²) in [5.41, 5.74) is 1.71. The van der Waals surface area contributed by atoms with Crippen molar-refractivity contribution in [2.45, 2.75) is 44.8 Å². The topological polar surface area (TPSA) is 54.1 Å². The standard InChI is InChI=1S/C26H28F8N4O/c1-16(2)38(21-5-3-19(27)4-6-21)39-24-22(11-18(25(29,30)31)12-23(24)26(32,33)34)17(13-35)14-36-8-10-37-9-7-20(28)15-37/h3-6,11-14,16,20H,7-10,15,35H2,1-2H3. The predicted molar refractivity (Wildman–Crippen MR) is 133 cm³/mol. The molecule has 0 aliphatic carbocycles. The minimum atomic E-state index is -5.24. The Morgan fingerprint density at radius 1 is 1.13 bits per heavy atom. The van der Waals surface area contributed by atoms with Gasteiger partial charge in [0.1, 0.15) is 17.6 Å². The largest absolute Gasteiger partial charge is 0.420 e. The van der Waals surface area contributed by atoms with Crippen molar-refractivity contribution in [3.05, 3.63) is 65.1 Å². The Morgan fingerprint density at radius 3 is 2.31 bits per heavy atom. The molecule has 0 spiro atoms. The molecule has 214 valence electrons. The number of hydrogen-bond donors (Lipinski definition) is 1. The van der Waals surface area contributed by atoms with E-state index in [4.69, 9.17) is 10.6 Å². The number of nitrogens with zero attached hydrogens (tertiary/aromatic N) is 3. The first-order chi connectivity index (χ1) is 18.2. The first kappa shape index (κ1) is 30.2. The minimum Gasteiger partial charge on any atom is -0.404 e. The average Bonchev–Trinajstić information content (AvgIpc) is 3.26. The Bertz CT molecular complexity index is 1180. The molecule has 0 aromatic heterocycles. The number of hydroxylamine groups is 1. The van der Waals surface area contributed by atoms with E-state index in [1.165, 1.54) is 12.1 Å². The molecule has 0 radical (unpaired) electrons. The van der Waals surface area contributed by atoms with Crippen molar-refractivity contribution in [2.75, 3.05) is 31.2 Å². The number of nitrogens with two attached hydrogens (primary N) is 1. The van der Waals surface area contributed by atoms with Crippen LogP contribution in [0.4, 0.5) is 40.8 Å². The van der Waals surface area contributed by atoms with Gasteiger partial charge in [-0.1, -0.05) is 0 Å². The maximum absolute atomic E-state index is 14.1. The number of halogens is 8. The highest BCUT2D eigenvalue weighted by molar-refractivity contribution is 6.11. The van der Waals surface area contributed by atoms with Crippen LogP contribution in [0.3, 0.4) is 0 Å². The van der Waals surface area contributed by atoms with Crippen LogP contribution >= 0.6 is 0 Å². The summed E-state index contributed by atoms with van der Waals surface area (Å²) < 4.78 is 110. The third kappa shape index (κ3) is 7.84. The monoisotopic (exact) mass is 564 g/mol. The second-order valence-corrected chi connectivity index (χ2v) is 9.23. The molecule has 3 rings (SSSR count). The van der Waals surface area contributed by atoms with Crippen LogP contribution in [0.1, 0.15) is 37.0 Å². The van der Waals surface area contributed by atoms with Crippen LogP contribution < -0.4 is 15.6 Å². The summed E-state index contributed by atoms with van der Waals surface area (Å²) in [5, 5.41) is 1.02. The molecular formula is C26H28F8N4O. The van der Waals surface area contributed by atoms with E-state index in [0.717, 1.165) is 29.6 Å². The van der Waals surface area contributed by atoms with Gasteiger partial charge in [-0.15, -0.1) is 0 Å². The van der Waals surface area contributed by atoms with E-state index >= 15 is 0 Å². The van der Waals surface area contributed by atoms with Crippen molar-refractivity contribution in [3.63, 3.8) is 0 Å². The third-order valence-electron chi connectivity index (χ3n) is 5.94. The maximum Gasteiger partial charge on any atom is 0.420 e. The number of allylic oxidation sites excluding steroid dienone is 1. The van der Waals surface area contributed by atoms with Crippen molar-refractivity contribution >= 4 is 17.5 Å². The van der Waals surface area contributed by atoms with Gasteiger partial charge in [-0.3, -0.25) is 9.89 Å². The van der Waals surface area contributed by atoms with Crippen LogP contribution in [0.25, 0.3) is 5.57 Å². The smallest absolute Gasteiger partial charge is 0.404 e. The molecule has 0 amide bonds. The van der Waals surface area contributed by atoms with E-state index in [-0.39, 0.29) is 30.4 Å². The molecule has 1 aliphatic heterocycles. The molecule has 1 saturated heterocycles. The predicted octanol–water partition coefficient (Wildman–Crippen LogP) is 6.49. The molecule has 1 atom stereocenters. The van der Waals surface area contributed by atoms with Gasteiger partial charge in [0.05, 0.1) is 23.8 Å². The fraction of sp³-hybridized carbons (Fsp3) is 0.423. The van der Waals surface area contributed by atoms with E-state index in [1.54, 1.807) is 18.7 Å². The minimum absolute atomic E-state index is 0.0337. The number of benzene rings is 2. The van der Waals surface area contributed by atoms with Gasteiger partial charge in [-0.2, -0.15) is 26.3 Å². The number of aliphatic imine (C=N–C) groups is 1. The molecule has 5 nitrogen and oxygen atoms in total. The Kier molecular flexibility index (Phi) is 9.47. The zero-order chi connectivity index (χ0) is 29.0. The van der Waals surface area contributed by atoms with Gasteiger partial charge in [0.15, 0.2) is 5.75 Å². The first-order valence-corrected chi connectivity index (χ1v) is 12.0. The summed E-state index contributed by atoms with van der Waals surface area (Å²) in [5.74, 6) is -1.54. The van der Waals surface area contributed by atoms with Crippen molar-refractivity contribution in [3.8, 4) is 5.75 Å². The summed E-state index contributed by atoms with van der Waals surface area (Å²) in [7, 11) is 0. The lowest BCUT2D eigenvalue weighted by molar-refractivity contribution is -0.144. The number of likely N-dealkylation sites (tertiary alicyclic amines) is 1. The summed E-state index contributed by atoms with van der Waals surface area (Å²) in [6.07, 6.45) is -9.04. The Hall–Kier alpha value is -3.35. The Labute approximate surface area is 220 Å². The van der Waals surface area contributed by atoms with Crippen molar-refractivity contribution in [2.24, 2.45) is 10.7 Å². The molecule has 0 bridgehead atoms. The highest BCUT2D eigenvalue weighted by Gasteiger charge is 2.41. The highest BCUT2D eigenvalue weighted by atomic mass is 19.4. The van der Waals surface area contributed by atoms with E-state index in [9.17, 15) is 35.1 Å². The summed E-state index contributed by atoms with van der Waals surface area (Å²) in [6, 6.07) is 4.50. The molecule has 39 heavy (non-hydrogen) atoms. The second kappa shape index (κ2) is 12.2. The van der Waals surface area contributed by atoms with Crippen molar-refractivity contribution < 1.29 is 40.0 Å². The van der Waals surface area contributed by atoms with E-state index in [0.29, 0.717) is 25.6 Å². The number of hydrogen-bond acceptors (Lipinski definition) is 5. The van der Waals surface area contributed by atoms with E-state index in [1.807, 2.05) is 0 Å². The highest BCUT2D eigenvalue weighted by Crippen LogP contribution is 2.45. The summed E-state index contributed by atoms with van der Waals surface area (Å²) >= 11 is 0. The van der Waals surface area contributed by atoms with Crippen LogP contribution in [0.2, 0.25) is 0 Å². The quantitative estimate of drug-likeness (QED) is 0.215. The van der Waals surface area contributed by atoms with Crippen LogP contribution in [-0.2, 0) is 12.4 Å². The third-order valence-corrected chi connectivity index (χ3v) is 5.94. The molecule has 2 N–H and O–H groups in total. The molecule has 1 unspecified atom stereocenters. The molecule has 1 heterocycles. The lowest BCUT2D eigenvalue weighted by Crippen LogP contribution is -2.35. The Morgan fingerprint density at radius 2 is 1.79 bits per heavy atom. The normalized spacial score (nSPS) is 17.4. The molecule has 2 aromatic rings. The Balaban J connectivity index is 2.09. The van der Waals surface area contributed by atoms with Crippen LogP contribution in [-0.4, -0.2) is 49.5 Å². The van der Waals surface area contributed by atoms with Gasteiger partial charge < -0.3 is 10.6 Å². The number of rotatable bonds is 9. The van der Waals surface area contributed by atoms with Gasteiger partial charge in [0.2, 0.25) is 0 Å². The van der Waals surface area contributed by atoms with Crippen LogP contribution in [0, 0.1) is 5.82 Å². The average molecular weight is 565 g/mol. The molecule has 13 heteroatoms. The molecule has 2 aromatic carbocycles. The maximum atomic E-state index is 14.1. The van der Waals surface area contributed by atoms with Gasteiger partial charge in [0, 0.05) is 43.2 Å². The zero-order valence-electron chi connectivity index (χ0n) is 21.2. The number of anilines is 1.